The molecule has 0 heterocycles. The molecule has 0 aliphatic carbocycles. The maximum absolute atomic E-state index is 5.50. The SMILES string of the molecule is CCCCP(OC)c1ccccc1. The van der Waals surface area contributed by atoms with Gasteiger partial charge in [-0.15, -0.1) is 0 Å². The Morgan fingerprint density at radius 2 is 1.92 bits per heavy atom. The van der Waals surface area contributed by atoms with Gasteiger partial charge in [0.05, 0.1) is 8.15 Å². The Morgan fingerprint density at radius 1 is 1.23 bits per heavy atom. The van der Waals surface area contributed by atoms with E-state index >= 15 is 0 Å². The van der Waals surface area contributed by atoms with Crippen LogP contribution in [0.2, 0.25) is 0 Å². The standard InChI is InChI=1S/C11H17OP/c1-3-4-10-13(12-2)11-8-6-5-7-9-11/h5-9H,3-4,10H2,1-2H3. The molecule has 0 spiro atoms. The summed E-state index contributed by atoms with van der Waals surface area (Å²) in [7, 11) is 1.45. The van der Waals surface area contributed by atoms with E-state index in [1.807, 2.05) is 13.2 Å². The second-order valence-electron chi connectivity index (χ2n) is 2.97. The van der Waals surface area contributed by atoms with Crippen LogP contribution in [-0.4, -0.2) is 13.3 Å². The molecule has 1 atom stereocenters. The van der Waals surface area contributed by atoms with Crippen molar-refractivity contribution in [2.45, 2.75) is 19.8 Å². The van der Waals surface area contributed by atoms with Gasteiger partial charge in [0.25, 0.3) is 0 Å². The molecule has 0 N–H and O–H groups in total. The normalized spacial score (nSPS) is 12.8. The van der Waals surface area contributed by atoms with E-state index in [2.05, 4.69) is 31.2 Å². The Morgan fingerprint density at radius 3 is 2.46 bits per heavy atom. The highest BCUT2D eigenvalue weighted by Crippen LogP contribution is 2.35. The average molecular weight is 196 g/mol. The first-order valence-electron chi connectivity index (χ1n) is 4.75. The zero-order chi connectivity index (χ0) is 9.52. The first kappa shape index (κ1) is 10.7. The van der Waals surface area contributed by atoms with Gasteiger partial charge in [0, 0.05) is 12.4 Å². The van der Waals surface area contributed by atoms with E-state index in [1.54, 1.807) is 0 Å². The van der Waals surface area contributed by atoms with Gasteiger partial charge >= 0.3 is 0 Å². The average Bonchev–Trinajstić information content (AvgIpc) is 2.21. The third kappa shape index (κ3) is 3.46. The van der Waals surface area contributed by atoms with Gasteiger partial charge in [-0.2, -0.15) is 0 Å². The molecule has 1 aromatic carbocycles. The molecule has 1 aromatic rings. The van der Waals surface area contributed by atoms with Crippen molar-refractivity contribution < 1.29 is 4.52 Å². The molecule has 0 radical (unpaired) electrons. The number of benzene rings is 1. The van der Waals surface area contributed by atoms with E-state index in [4.69, 9.17) is 4.52 Å². The minimum absolute atomic E-state index is 0.359. The van der Waals surface area contributed by atoms with Crippen LogP contribution in [0, 0.1) is 0 Å². The van der Waals surface area contributed by atoms with Crippen LogP contribution < -0.4 is 5.30 Å². The topological polar surface area (TPSA) is 9.23 Å². The predicted molar refractivity (Wildman–Crippen MR) is 59.8 cm³/mol. The van der Waals surface area contributed by atoms with E-state index in [9.17, 15) is 0 Å². The van der Waals surface area contributed by atoms with Gasteiger partial charge in [0.15, 0.2) is 0 Å². The first-order chi connectivity index (χ1) is 6.38. The molecule has 0 fully saturated rings. The highest BCUT2D eigenvalue weighted by molar-refractivity contribution is 7.60. The third-order valence-corrected chi connectivity index (χ3v) is 4.02. The van der Waals surface area contributed by atoms with Crippen molar-refractivity contribution in [3.63, 3.8) is 0 Å². The van der Waals surface area contributed by atoms with Crippen LogP contribution >= 0.6 is 8.15 Å². The smallest absolute Gasteiger partial charge is 0.0599 e. The molecular weight excluding hydrogens is 179 g/mol. The van der Waals surface area contributed by atoms with Crippen LogP contribution in [0.5, 0.6) is 0 Å². The molecule has 13 heavy (non-hydrogen) atoms. The van der Waals surface area contributed by atoms with Gasteiger partial charge in [0.1, 0.15) is 0 Å². The van der Waals surface area contributed by atoms with Crippen LogP contribution in [0.25, 0.3) is 0 Å². The lowest BCUT2D eigenvalue weighted by Gasteiger charge is -2.14. The van der Waals surface area contributed by atoms with E-state index in [0.717, 1.165) is 0 Å². The predicted octanol–water partition coefficient (Wildman–Crippen LogP) is 3.16. The second kappa shape index (κ2) is 6.12. The minimum Gasteiger partial charge on any atom is -0.358 e. The largest absolute Gasteiger partial charge is 0.358 e. The number of hydrogen-bond donors (Lipinski definition) is 0. The lowest BCUT2D eigenvalue weighted by atomic mass is 10.4. The highest BCUT2D eigenvalue weighted by atomic mass is 31.1. The summed E-state index contributed by atoms with van der Waals surface area (Å²) in [6, 6.07) is 10.5. The fourth-order valence-corrected chi connectivity index (χ4v) is 2.98. The summed E-state index contributed by atoms with van der Waals surface area (Å²) in [5, 5.41) is 1.36. The molecule has 0 aromatic heterocycles. The number of rotatable bonds is 5. The molecule has 0 saturated heterocycles. The molecule has 0 aliphatic rings. The van der Waals surface area contributed by atoms with Gasteiger partial charge in [-0.05, 0) is 12.6 Å². The summed E-state index contributed by atoms with van der Waals surface area (Å²) in [5.41, 5.74) is 0. The van der Waals surface area contributed by atoms with Crippen LogP contribution in [0.3, 0.4) is 0 Å². The molecule has 2 heteroatoms. The summed E-state index contributed by atoms with van der Waals surface area (Å²) >= 11 is 0. The van der Waals surface area contributed by atoms with Crippen molar-refractivity contribution in [2.24, 2.45) is 0 Å². The fourth-order valence-electron chi connectivity index (χ4n) is 1.22. The van der Waals surface area contributed by atoms with Crippen molar-refractivity contribution in [3.8, 4) is 0 Å². The van der Waals surface area contributed by atoms with E-state index < -0.39 is 0 Å². The monoisotopic (exact) mass is 196 g/mol. The maximum Gasteiger partial charge on any atom is 0.0599 e. The summed E-state index contributed by atoms with van der Waals surface area (Å²) < 4.78 is 5.50. The lowest BCUT2D eigenvalue weighted by Crippen LogP contribution is -2.03. The van der Waals surface area contributed by atoms with E-state index in [-0.39, 0.29) is 8.15 Å². The minimum atomic E-state index is -0.359. The molecule has 1 rings (SSSR count). The molecule has 0 bridgehead atoms. The zero-order valence-electron chi connectivity index (χ0n) is 8.36. The first-order valence-corrected chi connectivity index (χ1v) is 6.19. The van der Waals surface area contributed by atoms with Crippen molar-refractivity contribution >= 4 is 13.5 Å². The van der Waals surface area contributed by atoms with Gasteiger partial charge in [-0.3, -0.25) is 0 Å². The Hall–Kier alpha value is -0.390. The van der Waals surface area contributed by atoms with E-state index in [0.29, 0.717) is 0 Å². The molecule has 0 aliphatic heterocycles. The number of hydrogen-bond acceptors (Lipinski definition) is 1. The lowest BCUT2D eigenvalue weighted by molar-refractivity contribution is 0.466. The fraction of sp³-hybridized carbons (Fsp3) is 0.455. The molecule has 0 saturated carbocycles. The Bertz CT molecular complexity index is 223. The summed E-state index contributed by atoms with van der Waals surface area (Å²) in [4.78, 5) is 0. The third-order valence-electron chi connectivity index (χ3n) is 1.98. The van der Waals surface area contributed by atoms with Gasteiger partial charge in [-0.1, -0.05) is 43.7 Å². The van der Waals surface area contributed by atoms with Gasteiger partial charge < -0.3 is 4.52 Å². The zero-order valence-corrected chi connectivity index (χ0v) is 9.26. The number of unbranched alkanes of at least 4 members (excludes halogenated alkanes) is 1. The van der Waals surface area contributed by atoms with Crippen LogP contribution in [0.4, 0.5) is 0 Å². The van der Waals surface area contributed by atoms with Crippen LogP contribution in [-0.2, 0) is 4.52 Å². The van der Waals surface area contributed by atoms with Crippen molar-refractivity contribution in [1.29, 1.82) is 0 Å². The Kier molecular flexibility index (Phi) is 5.03. The van der Waals surface area contributed by atoms with Crippen molar-refractivity contribution in [3.05, 3.63) is 30.3 Å². The summed E-state index contributed by atoms with van der Waals surface area (Å²) in [6.45, 7) is 2.22. The van der Waals surface area contributed by atoms with E-state index in [1.165, 1.54) is 24.3 Å². The maximum atomic E-state index is 5.50. The van der Waals surface area contributed by atoms with Crippen LogP contribution in [0.15, 0.2) is 30.3 Å². The molecule has 1 nitrogen and oxygen atoms in total. The Labute approximate surface area is 82.0 Å². The second-order valence-corrected chi connectivity index (χ2v) is 5.06. The van der Waals surface area contributed by atoms with Gasteiger partial charge in [-0.25, -0.2) is 0 Å². The van der Waals surface area contributed by atoms with Crippen molar-refractivity contribution in [2.75, 3.05) is 13.3 Å². The molecular formula is C11H17OP. The van der Waals surface area contributed by atoms with Crippen molar-refractivity contribution in [1.82, 2.24) is 0 Å². The molecule has 0 amide bonds. The Balaban J connectivity index is 2.56. The summed E-state index contributed by atoms with van der Waals surface area (Å²) in [5.74, 6) is 0. The molecule has 72 valence electrons. The van der Waals surface area contributed by atoms with Crippen LogP contribution in [0.1, 0.15) is 19.8 Å². The molecule has 1 unspecified atom stereocenters. The quantitative estimate of drug-likeness (QED) is 0.657. The highest BCUT2D eigenvalue weighted by Gasteiger charge is 2.08. The van der Waals surface area contributed by atoms with Gasteiger partial charge in [0.2, 0.25) is 0 Å². The summed E-state index contributed by atoms with van der Waals surface area (Å²) in [6.07, 6.45) is 3.69.